The van der Waals surface area contributed by atoms with Crippen molar-refractivity contribution in [3.05, 3.63) is 30.2 Å². The standard InChI is InChI=1S/C17H22N2O5S/c20-16(6-5-15-2-1-10-24-15)18-9-7-17(21)19(13-3-4-13)14-8-11-25(22,23)12-14/h1-2,5-6,10,13-14H,3-4,7-9,11-12H2,(H,18,20)/b6-5+. The zero-order valence-corrected chi connectivity index (χ0v) is 14.7. The fourth-order valence-electron chi connectivity index (χ4n) is 3.08. The molecule has 1 aromatic heterocycles. The SMILES string of the molecule is O=C(/C=C/c1ccco1)NCCC(=O)N(C1CC1)C1CCS(=O)(=O)C1. The zero-order valence-electron chi connectivity index (χ0n) is 13.9. The summed E-state index contributed by atoms with van der Waals surface area (Å²) in [6.45, 7) is 0.225. The minimum atomic E-state index is -3.02. The van der Waals surface area contributed by atoms with Crippen LogP contribution in [0.25, 0.3) is 6.08 Å². The van der Waals surface area contributed by atoms with Gasteiger partial charge in [-0.15, -0.1) is 0 Å². The molecule has 1 unspecified atom stereocenters. The van der Waals surface area contributed by atoms with Crippen molar-refractivity contribution in [3.63, 3.8) is 0 Å². The van der Waals surface area contributed by atoms with Crippen molar-refractivity contribution in [2.45, 2.75) is 37.8 Å². The second kappa shape index (κ2) is 7.43. The number of rotatable bonds is 7. The van der Waals surface area contributed by atoms with Gasteiger partial charge in [0, 0.05) is 31.1 Å². The molecule has 1 atom stereocenters. The summed E-state index contributed by atoms with van der Waals surface area (Å²) in [7, 11) is -3.02. The van der Waals surface area contributed by atoms with Gasteiger partial charge in [-0.25, -0.2) is 8.42 Å². The summed E-state index contributed by atoms with van der Waals surface area (Å²) in [5, 5.41) is 2.66. The smallest absolute Gasteiger partial charge is 0.244 e. The maximum atomic E-state index is 12.5. The van der Waals surface area contributed by atoms with Crippen LogP contribution < -0.4 is 5.32 Å². The number of sulfone groups is 1. The predicted molar refractivity (Wildman–Crippen MR) is 92.3 cm³/mol. The van der Waals surface area contributed by atoms with Crippen molar-refractivity contribution in [2.24, 2.45) is 0 Å². The normalized spacial score (nSPS) is 22.2. The first-order chi connectivity index (χ1) is 11.9. The fourth-order valence-corrected chi connectivity index (χ4v) is 4.79. The number of furan rings is 1. The van der Waals surface area contributed by atoms with E-state index in [1.54, 1.807) is 23.1 Å². The molecule has 1 N–H and O–H groups in total. The van der Waals surface area contributed by atoms with Gasteiger partial charge in [-0.1, -0.05) is 0 Å². The van der Waals surface area contributed by atoms with E-state index in [-0.39, 0.29) is 48.4 Å². The minimum Gasteiger partial charge on any atom is -0.465 e. The van der Waals surface area contributed by atoms with Crippen LogP contribution in [0.15, 0.2) is 28.9 Å². The topological polar surface area (TPSA) is 96.7 Å². The van der Waals surface area contributed by atoms with Crippen molar-refractivity contribution in [1.82, 2.24) is 10.2 Å². The lowest BCUT2D eigenvalue weighted by molar-refractivity contribution is -0.133. The van der Waals surface area contributed by atoms with Crippen molar-refractivity contribution < 1.29 is 22.4 Å². The van der Waals surface area contributed by atoms with Gasteiger partial charge in [-0.2, -0.15) is 0 Å². The minimum absolute atomic E-state index is 0.0630. The first kappa shape index (κ1) is 17.7. The molecule has 136 valence electrons. The molecule has 3 rings (SSSR count). The van der Waals surface area contributed by atoms with E-state index in [2.05, 4.69) is 5.32 Å². The largest absolute Gasteiger partial charge is 0.465 e. The molecular weight excluding hydrogens is 344 g/mol. The van der Waals surface area contributed by atoms with Crippen LogP contribution in [0.5, 0.6) is 0 Å². The van der Waals surface area contributed by atoms with Crippen molar-refractivity contribution in [2.75, 3.05) is 18.1 Å². The molecule has 1 saturated heterocycles. The van der Waals surface area contributed by atoms with Crippen LogP contribution in [0.4, 0.5) is 0 Å². The lowest BCUT2D eigenvalue weighted by Gasteiger charge is -2.28. The molecule has 1 aliphatic carbocycles. The molecule has 2 heterocycles. The quantitative estimate of drug-likeness (QED) is 0.726. The van der Waals surface area contributed by atoms with Crippen molar-refractivity contribution in [3.8, 4) is 0 Å². The number of nitrogens with zero attached hydrogens (tertiary/aromatic N) is 1. The van der Waals surface area contributed by atoms with Gasteiger partial charge >= 0.3 is 0 Å². The number of hydrogen-bond donors (Lipinski definition) is 1. The molecule has 1 saturated carbocycles. The number of carbonyl (C=O) groups excluding carboxylic acids is 2. The van der Waals surface area contributed by atoms with E-state index < -0.39 is 9.84 Å². The van der Waals surface area contributed by atoms with Gasteiger partial charge < -0.3 is 14.6 Å². The van der Waals surface area contributed by atoms with Crippen LogP contribution >= 0.6 is 0 Å². The van der Waals surface area contributed by atoms with Crippen LogP contribution in [0.2, 0.25) is 0 Å². The van der Waals surface area contributed by atoms with Crippen molar-refractivity contribution in [1.29, 1.82) is 0 Å². The van der Waals surface area contributed by atoms with Crippen LogP contribution in [0.1, 0.15) is 31.4 Å². The lowest BCUT2D eigenvalue weighted by Crippen LogP contribution is -2.43. The van der Waals surface area contributed by atoms with Gasteiger partial charge in [-0.3, -0.25) is 9.59 Å². The Balaban J connectivity index is 1.46. The van der Waals surface area contributed by atoms with Crippen molar-refractivity contribution >= 4 is 27.7 Å². The number of amides is 2. The van der Waals surface area contributed by atoms with Gasteiger partial charge in [-0.05, 0) is 37.5 Å². The lowest BCUT2D eigenvalue weighted by atomic mass is 10.2. The molecule has 7 nitrogen and oxygen atoms in total. The van der Waals surface area contributed by atoms with E-state index in [1.807, 2.05) is 0 Å². The summed E-state index contributed by atoms with van der Waals surface area (Å²) in [5.74, 6) is 0.412. The summed E-state index contributed by atoms with van der Waals surface area (Å²) >= 11 is 0. The Hall–Kier alpha value is -2.09. The second-order valence-electron chi connectivity index (χ2n) is 6.48. The summed E-state index contributed by atoms with van der Waals surface area (Å²) in [6, 6.07) is 3.42. The van der Waals surface area contributed by atoms with Crippen LogP contribution in [0, 0.1) is 0 Å². The molecular formula is C17H22N2O5S. The zero-order chi connectivity index (χ0) is 17.9. The molecule has 8 heteroatoms. The van der Waals surface area contributed by atoms with E-state index in [0.29, 0.717) is 12.2 Å². The summed E-state index contributed by atoms with van der Waals surface area (Å²) in [5.41, 5.74) is 0. The fraction of sp³-hybridized carbons (Fsp3) is 0.529. The highest BCUT2D eigenvalue weighted by Crippen LogP contribution is 2.32. The summed E-state index contributed by atoms with van der Waals surface area (Å²) in [6.07, 6.45) is 6.98. The first-order valence-electron chi connectivity index (χ1n) is 8.45. The van der Waals surface area contributed by atoms with Gasteiger partial charge in [0.2, 0.25) is 11.8 Å². The van der Waals surface area contributed by atoms with Gasteiger partial charge in [0.1, 0.15) is 5.76 Å². The molecule has 2 amide bonds. The molecule has 25 heavy (non-hydrogen) atoms. The second-order valence-corrected chi connectivity index (χ2v) is 8.71. The first-order valence-corrected chi connectivity index (χ1v) is 10.3. The van der Waals surface area contributed by atoms with Crippen LogP contribution in [-0.2, 0) is 19.4 Å². The molecule has 0 aromatic carbocycles. The van der Waals surface area contributed by atoms with Crippen LogP contribution in [0.3, 0.4) is 0 Å². The summed E-state index contributed by atoms with van der Waals surface area (Å²) < 4.78 is 28.4. The van der Waals surface area contributed by atoms with E-state index in [1.165, 1.54) is 12.3 Å². The van der Waals surface area contributed by atoms with Crippen LogP contribution in [-0.4, -0.2) is 55.3 Å². The highest BCUT2D eigenvalue weighted by atomic mass is 32.2. The Morgan fingerprint density at radius 3 is 2.68 bits per heavy atom. The van der Waals surface area contributed by atoms with E-state index in [4.69, 9.17) is 4.42 Å². The molecule has 0 bridgehead atoms. The number of hydrogen-bond acceptors (Lipinski definition) is 5. The monoisotopic (exact) mass is 366 g/mol. The summed E-state index contributed by atoms with van der Waals surface area (Å²) in [4.78, 5) is 26.0. The number of nitrogens with one attached hydrogen (secondary N) is 1. The molecule has 1 aromatic rings. The molecule has 2 aliphatic rings. The highest BCUT2D eigenvalue weighted by molar-refractivity contribution is 7.91. The Morgan fingerprint density at radius 2 is 2.08 bits per heavy atom. The average molecular weight is 366 g/mol. The van der Waals surface area contributed by atoms with Gasteiger partial charge in [0.25, 0.3) is 0 Å². The Bertz CT molecular complexity index is 750. The van der Waals surface area contributed by atoms with E-state index >= 15 is 0 Å². The third-order valence-corrected chi connectivity index (χ3v) is 6.16. The maximum absolute atomic E-state index is 12.5. The molecule has 1 aliphatic heterocycles. The molecule has 0 spiro atoms. The molecule has 2 fully saturated rings. The highest BCUT2D eigenvalue weighted by Gasteiger charge is 2.41. The maximum Gasteiger partial charge on any atom is 0.244 e. The Morgan fingerprint density at radius 1 is 1.28 bits per heavy atom. The van der Waals surface area contributed by atoms with E-state index in [0.717, 1.165) is 12.8 Å². The number of carbonyl (C=O) groups is 2. The van der Waals surface area contributed by atoms with Gasteiger partial charge in [0.05, 0.1) is 17.8 Å². The third kappa shape index (κ3) is 4.94. The Kier molecular flexibility index (Phi) is 5.27. The molecule has 0 radical (unpaired) electrons. The third-order valence-electron chi connectivity index (χ3n) is 4.41. The predicted octanol–water partition coefficient (Wildman–Crippen LogP) is 0.977. The average Bonchev–Trinajstić information content (AvgIpc) is 3.11. The Labute approximate surface area is 147 Å². The van der Waals surface area contributed by atoms with Gasteiger partial charge in [0.15, 0.2) is 9.84 Å². The van der Waals surface area contributed by atoms with E-state index in [9.17, 15) is 18.0 Å².